The minimum atomic E-state index is -4.26. The highest BCUT2D eigenvalue weighted by atomic mass is 32.2. The average molecular weight is 348 g/mol. The Morgan fingerprint density at radius 2 is 2.09 bits per heavy atom. The first-order valence-corrected chi connectivity index (χ1v) is 8.16. The Morgan fingerprint density at radius 1 is 1.48 bits per heavy atom. The number of carbonyl (C=O) groups is 1. The van der Waals surface area contributed by atoms with E-state index in [1.807, 2.05) is 0 Å². The van der Waals surface area contributed by atoms with Crippen LogP contribution < -0.4 is 4.72 Å². The van der Waals surface area contributed by atoms with E-state index in [2.05, 4.69) is 9.46 Å². The predicted octanol–water partition coefficient (Wildman–Crippen LogP) is 1.60. The second kappa shape index (κ2) is 7.47. The molecule has 128 valence electrons. The second-order valence-electron chi connectivity index (χ2n) is 4.88. The van der Waals surface area contributed by atoms with Crippen molar-refractivity contribution < 1.29 is 27.3 Å². The van der Waals surface area contributed by atoms with Crippen LogP contribution in [0.5, 0.6) is 0 Å². The molecule has 0 aliphatic heterocycles. The van der Waals surface area contributed by atoms with Gasteiger partial charge in [-0.2, -0.15) is 9.11 Å². The van der Waals surface area contributed by atoms with Gasteiger partial charge in [-0.15, -0.1) is 0 Å². The fourth-order valence-corrected chi connectivity index (χ4v) is 3.11. The Balaban J connectivity index is 3.22. The highest BCUT2D eigenvalue weighted by molar-refractivity contribution is 7.89. The predicted molar refractivity (Wildman–Crippen MR) is 78.6 cm³/mol. The number of nitrogens with one attached hydrogen (secondary N) is 1. The summed E-state index contributed by atoms with van der Waals surface area (Å²) in [5.41, 5.74) is -0.967. The fraction of sp³-hybridized carbons (Fsp3) is 0.462. The van der Waals surface area contributed by atoms with Crippen molar-refractivity contribution in [2.75, 3.05) is 7.11 Å². The van der Waals surface area contributed by atoms with Crippen LogP contribution in [0.1, 0.15) is 20.3 Å². The third-order valence-electron chi connectivity index (χ3n) is 3.37. The van der Waals surface area contributed by atoms with Crippen molar-refractivity contribution in [1.82, 2.24) is 4.72 Å². The van der Waals surface area contributed by atoms with Gasteiger partial charge in [-0.05, 0) is 18.1 Å². The number of nitro groups is 1. The number of hydrogen-bond acceptors (Lipinski definition) is 6. The molecule has 0 spiro atoms. The maximum atomic E-state index is 13.3. The van der Waals surface area contributed by atoms with Crippen LogP contribution in [-0.2, 0) is 19.6 Å². The molecule has 1 rings (SSSR count). The Bertz CT molecular complexity index is 706. The summed E-state index contributed by atoms with van der Waals surface area (Å²) < 4.78 is 44.6. The van der Waals surface area contributed by atoms with E-state index in [1.165, 1.54) is 0 Å². The molecule has 0 aromatic heterocycles. The van der Waals surface area contributed by atoms with Gasteiger partial charge in [0.2, 0.25) is 15.8 Å². The van der Waals surface area contributed by atoms with Crippen LogP contribution in [0.2, 0.25) is 0 Å². The lowest BCUT2D eigenvalue weighted by molar-refractivity contribution is -0.387. The normalized spacial score (nSPS) is 14.1. The van der Waals surface area contributed by atoms with E-state index in [0.29, 0.717) is 18.6 Å². The van der Waals surface area contributed by atoms with Gasteiger partial charge < -0.3 is 4.74 Å². The van der Waals surface area contributed by atoms with E-state index in [-0.39, 0.29) is 5.92 Å². The number of nitrogens with zero attached hydrogens (tertiary/aromatic N) is 1. The van der Waals surface area contributed by atoms with Crippen molar-refractivity contribution in [3.63, 3.8) is 0 Å². The van der Waals surface area contributed by atoms with E-state index in [1.54, 1.807) is 13.8 Å². The summed E-state index contributed by atoms with van der Waals surface area (Å²) in [7, 11) is -3.14. The van der Waals surface area contributed by atoms with Gasteiger partial charge >= 0.3 is 11.7 Å². The lowest BCUT2D eigenvalue weighted by Crippen LogP contribution is -2.45. The zero-order chi connectivity index (χ0) is 17.8. The van der Waals surface area contributed by atoms with Crippen molar-refractivity contribution in [2.45, 2.75) is 31.2 Å². The number of halogens is 1. The van der Waals surface area contributed by atoms with Crippen LogP contribution in [0.15, 0.2) is 23.1 Å². The molecule has 0 amide bonds. The monoisotopic (exact) mass is 348 g/mol. The Labute approximate surface area is 132 Å². The van der Waals surface area contributed by atoms with E-state index in [0.717, 1.165) is 13.2 Å². The Morgan fingerprint density at radius 3 is 2.57 bits per heavy atom. The van der Waals surface area contributed by atoms with Gasteiger partial charge in [-0.25, -0.2) is 8.42 Å². The van der Waals surface area contributed by atoms with Gasteiger partial charge in [-0.3, -0.25) is 14.9 Å². The van der Waals surface area contributed by atoms with E-state index in [4.69, 9.17) is 0 Å². The zero-order valence-electron chi connectivity index (χ0n) is 12.8. The van der Waals surface area contributed by atoms with Crippen LogP contribution in [-0.4, -0.2) is 32.5 Å². The molecule has 23 heavy (non-hydrogen) atoms. The number of benzene rings is 1. The second-order valence-corrected chi connectivity index (χ2v) is 6.59. The first-order chi connectivity index (χ1) is 10.6. The number of ether oxygens (including phenoxy) is 1. The molecule has 0 aliphatic carbocycles. The van der Waals surface area contributed by atoms with E-state index >= 15 is 0 Å². The minimum Gasteiger partial charge on any atom is -0.468 e. The molecule has 10 heteroatoms. The Hall–Kier alpha value is -2.07. The van der Waals surface area contributed by atoms with Crippen molar-refractivity contribution in [1.29, 1.82) is 0 Å². The highest BCUT2D eigenvalue weighted by Crippen LogP contribution is 2.22. The maximum Gasteiger partial charge on any atom is 0.324 e. The molecule has 0 saturated heterocycles. The van der Waals surface area contributed by atoms with Gasteiger partial charge in [-0.1, -0.05) is 20.3 Å². The fourth-order valence-electron chi connectivity index (χ4n) is 1.79. The third kappa shape index (κ3) is 4.45. The van der Waals surface area contributed by atoms with Gasteiger partial charge in [0.15, 0.2) is 0 Å². The molecule has 0 saturated carbocycles. The number of hydrogen-bond donors (Lipinski definition) is 1. The van der Waals surface area contributed by atoms with Gasteiger partial charge in [0, 0.05) is 6.07 Å². The number of methoxy groups -OCH3 is 1. The molecule has 8 nitrogen and oxygen atoms in total. The summed E-state index contributed by atoms with van der Waals surface area (Å²) in [6.07, 6.45) is 0.492. The standard InChI is InChI=1S/C13H17FN2O6S/c1-4-8(2)12(13(17)22-3)15-23(20,21)9-5-6-10(14)11(7-9)16(18)19/h5-8,12,15H,4H2,1-3H3/t8-,12+/m1/s1. The molecule has 1 aromatic carbocycles. The summed E-state index contributed by atoms with van der Waals surface area (Å²) in [5, 5.41) is 10.7. The summed E-state index contributed by atoms with van der Waals surface area (Å²) in [5.74, 6) is -2.30. The lowest BCUT2D eigenvalue weighted by atomic mass is 10.0. The van der Waals surface area contributed by atoms with Crippen molar-refractivity contribution >= 4 is 21.7 Å². The highest BCUT2D eigenvalue weighted by Gasteiger charge is 2.31. The topological polar surface area (TPSA) is 116 Å². The molecule has 0 bridgehead atoms. The minimum absolute atomic E-state index is 0.368. The van der Waals surface area contributed by atoms with Crippen LogP contribution in [0.3, 0.4) is 0 Å². The van der Waals surface area contributed by atoms with E-state index < -0.39 is 43.4 Å². The van der Waals surface area contributed by atoms with Crippen LogP contribution in [0.25, 0.3) is 0 Å². The van der Waals surface area contributed by atoms with Gasteiger partial charge in [0.25, 0.3) is 0 Å². The van der Waals surface area contributed by atoms with Crippen molar-refractivity contribution in [3.05, 3.63) is 34.1 Å². The molecule has 0 aliphatic rings. The third-order valence-corrected chi connectivity index (χ3v) is 4.81. The number of carbonyl (C=O) groups excluding carboxylic acids is 1. The Kier molecular flexibility index (Phi) is 6.16. The summed E-state index contributed by atoms with van der Waals surface area (Å²) in [6.45, 7) is 3.41. The molecule has 0 heterocycles. The van der Waals surface area contributed by atoms with Crippen LogP contribution in [0, 0.1) is 21.8 Å². The van der Waals surface area contributed by atoms with E-state index in [9.17, 15) is 27.7 Å². The van der Waals surface area contributed by atoms with Gasteiger partial charge in [0.1, 0.15) is 6.04 Å². The summed E-state index contributed by atoms with van der Waals surface area (Å²) >= 11 is 0. The number of rotatable bonds is 7. The maximum absolute atomic E-state index is 13.3. The first kappa shape index (κ1) is 19.0. The largest absolute Gasteiger partial charge is 0.468 e. The smallest absolute Gasteiger partial charge is 0.324 e. The quantitative estimate of drug-likeness (QED) is 0.454. The number of nitro benzene ring substituents is 1. The molecule has 2 atom stereocenters. The molecule has 0 unspecified atom stereocenters. The SMILES string of the molecule is CC[C@@H](C)[C@H](NS(=O)(=O)c1ccc(F)c([N+](=O)[O-])c1)C(=O)OC. The number of sulfonamides is 1. The lowest BCUT2D eigenvalue weighted by Gasteiger charge is -2.21. The summed E-state index contributed by atoms with van der Waals surface area (Å²) in [6, 6.07) is 1.01. The molecular formula is C13H17FN2O6S. The van der Waals surface area contributed by atoms with Gasteiger partial charge in [0.05, 0.1) is 16.9 Å². The molecule has 1 aromatic rings. The molecular weight excluding hydrogens is 331 g/mol. The zero-order valence-corrected chi connectivity index (χ0v) is 13.6. The van der Waals surface area contributed by atoms with Crippen molar-refractivity contribution in [3.8, 4) is 0 Å². The van der Waals surface area contributed by atoms with Crippen molar-refractivity contribution in [2.24, 2.45) is 5.92 Å². The molecule has 1 N–H and O–H groups in total. The first-order valence-electron chi connectivity index (χ1n) is 6.68. The van der Waals surface area contributed by atoms with Crippen LogP contribution in [0.4, 0.5) is 10.1 Å². The summed E-state index contributed by atoms with van der Waals surface area (Å²) in [4.78, 5) is 20.9. The average Bonchev–Trinajstić information content (AvgIpc) is 2.51. The number of esters is 1. The molecule has 0 fully saturated rings. The van der Waals surface area contributed by atoms with Crippen LogP contribution >= 0.6 is 0 Å². The molecule has 0 radical (unpaired) electrons.